The van der Waals surface area contributed by atoms with Gasteiger partial charge in [-0.1, -0.05) is 0 Å². The Balaban J connectivity index is 3.31. The Morgan fingerprint density at radius 1 is 1.55 bits per heavy atom. The van der Waals surface area contributed by atoms with E-state index in [9.17, 15) is 0 Å². The van der Waals surface area contributed by atoms with Crippen molar-refractivity contribution in [1.29, 1.82) is 0 Å². The van der Waals surface area contributed by atoms with Gasteiger partial charge in [-0.05, 0) is 13.8 Å². The number of hydrogen-bond acceptors (Lipinski definition) is 2. The average Bonchev–Trinajstić information content (AvgIpc) is 2.01. The second-order valence-electron chi connectivity index (χ2n) is 2.76. The molecule has 0 aliphatic carbocycles. The zero-order chi connectivity index (χ0) is 8.69. The van der Waals surface area contributed by atoms with Crippen molar-refractivity contribution in [3.8, 4) is 12.3 Å². The summed E-state index contributed by atoms with van der Waals surface area (Å²) in [6.45, 7) is 4.96. The molecule has 0 rings (SSSR count). The first kappa shape index (κ1) is 10.5. The summed E-state index contributed by atoms with van der Waals surface area (Å²) in [7, 11) is 1.71. The maximum atomic E-state index is 5.15. The summed E-state index contributed by atoms with van der Waals surface area (Å²) < 4.78 is 5.06. The number of nitrogens with one attached hydrogen (secondary N) is 1. The van der Waals surface area contributed by atoms with Gasteiger partial charge >= 0.3 is 0 Å². The molecule has 0 saturated carbocycles. The Labute approximate surface area is 69.3 Å². The number of methoxy groups -OCH3 is 1. The Morgan fingerprint density at radius 2 is 2.18 bits per heavy atom. The summed E-state index contributed by atoms with van der Waals surface area (Å²) in [5.74, 6) is 2.61. The van der Waals surface area contributed by atoms with E-state index < -0.39 is 0 Å². The van der Waals surface area contributed by atoms with E-state index >= 15 is 0 Å². The van der Waals surface area contributed by atoms with Crippen molar-refractivity contribution in [2.24, 2.45) is 0 Å². The van der Waals surface area contributed by atoms with E-state index in [-0.39, 0.29) is 6.10 Å². The van der Waals surface area contributed by atoms with Crippen molar-refractivity contribution in [3.63, 3.8) is 0 Å². The van der Waals surface area contributed by atoms with Crippen molar-refractivity contribution in [2.45, 2.75) is 32.4 Å². The van der Waals surface area contributed by atoms with Gasteiger partial charge in [0.05, 0.1) is 6.10 Å². The van der Waals surface area contributed by atoms with Gasteiger partial charge in [-0.2, -0.15) is 0 Å². The van der Waals surface area contributed by atoms with Crippen molar-refractivity contribution < 1.29 is 4.74 Å². The molecule has 0 spiro atoms. The molecule has 0 bridgehead atoms. The summed E-state index contributed by atoms with van der Waals surface area (Å²) in [4.78, 5) is 0. The lowest BCUT2D eigenvalue weighted by Crippen LogP contribution is -2.32. The quantitative estimate of drug-likeness (QED) is 0.599. The molecule has 0 radical (unpaired) electrons. The van der Waals surface area contributed by atoms with Crippen LogP contribution in [0, 0.1) is 12.3 Å². The largest absolute Gasteiger partial charge is 0.380 e. The molecule has 2 nitrogen and oxygen atoms in total. The summed E-state index contributed by atoms with van der Waals surface area (Å²) in [5.41, 5.74) is 0. The van der Waals surface area contributed by atoms with Crippen LogP contribution in [0.15, 0.2) is 0 Å². The highest BCUT2D eigenvalue weighted by Crippen LogP contribution is 1.90. The lowest BCUT2D eigenvalue weighted by Gasteiger charge is -2.14. The minimum absolute atomic E-state index is 0.259. The first-order valence-electron chi connectivity index (χ1n) is 3.90. The van der Waals surface area contributed by atoms with Gasteiger partial charge in [0.2, 0.25) is 0 Å². The molecular weight excluding hydrogens is 138 g/mol. The molecule has 2 atom stereocenters. The molecule has 0 aliphatic rings. The monoisotopic (exact) mass is 155 g/mol. The van der Waals surface area contributed by atoms with Crippen LogP contribution in [0.25, 0.3) is 0 Å². The number of ether oxygens (including phenoxy) is 1. The van der Waals surface area contributed by atoms with E-state index in [0.717, 1.165) is 13.0 Å². The third-order valence-electron chi connectivity index (χ3n) is 1.58. The van der Waals surface area contributed by atoms with Crippen LogP contribution in [0.5, 0.6) is 0 Å². The maximum absolute atomic E-state index is 5.15. The maximum Gasteiger partial charge on any atom is 0.0667 e. The van der Waals surface area contributed by atoms with Gasteiger partial charge < -0.3 is 10.1 Å². The first-order chi connectivity index (χ1) is 5.20. The fraction of sp³-hybridized carbons (Fsp3) is 0.778. The van der Waals surface area contributed by atoms with E-state index in [0.29, 0.717) is 6.04 Å². The summed E-state index contributed by atoms with van der Waals surface area (Å²) in [6, 6.07) is 0.387. The van der Waals surface area contributed by atoms with Crippen molar-refractivity contribution in [2.75, 3.05) is 13.7 Å². The molecule has 0 fully saturated rings. The van der Waals surface area contributed by atoms with E-state index in [1.54, 1.807) is 7.11 Å². The van der Waals surface area contributed by atoms with Crippen LogP contribution >= 0.6 is 0 Å². The van der Waals surface area contributed by atoms with Crippen LogP contribution in [0.3, 0.4) is 0 Å². The van der Waals surface area contributed by atoms with Gasteiger partial charge in [0, 0.05) is 26.1 Å². The smallest absolute Gasteiger partial charge is 0.0667 e. The molecule has 0 amide bonds. The molecule has 0 heterocycles. The second kappa shape index (κ2) is 6.21. The van der Waals surface area contributed by atoms with Crippen LogP contribution in [0.1, 0.15) is 20.3 Å². The van der Waals surface area contributed by atoms with Gasteiger partial charge in [-0.15, -0.1) is 12.3 Å². The summed E-state index contributed by atoms with van der Waals surface area (Å²) >= 11 is 0. The highest BCUT2D eigenvalue weighted by atomic mass is 16.5. The molecule has 0 aromatic rings. The van der Waals surface area contributed by atoms with E-state index in [1.165, 1.54) is 0 Å². The Bertz CT molecular complexity index is 128. The summed E-state index contributed by atoms with van der Waals surface area (Å²) in [6.07, 6.45) is 6.18. The second-order valence-corrected chi connectivity index (χ2v) is 2.76. The van der Waals surface area contributed by atoms with E-state index in [1.807, 2.05) is 6.92 Å². The standard InChI is InChI=1S/C9H17NO/c1-5-6-8(2)10-7-9(3)11-4/h1,8-10H,6-7H2,2-4H3. The number of rotatable bonds is 5. The molecule has 0 saturated heterocycles. The zero-order valence-corrected chi connectivity index (χ0v) is 7.55. The highest BCUT2D eigenvalue weighted by Gasteiger charge is 2.01. The van der Waals surface area contributed by atoms with E-state index in [2.05, 4.69) is 18.2 Å². The molecule has 2 unspecified atom stereocenters. The van der Waals surface area contributed by atoms with Crippen molar-refractivity contribution in [3.05, 3.63) is 0 Å². The third-order valence-corrected chi connectivity index (χ3v) is 1.58. The third kappa shape index (κ3) is 5.90. The lowest BCUT2D eigenvalue weighted by atomic mass is 10.2. The predicted molar refractivity (Wildman–Crippen MR) is 47.4 cm³/mol. The SMILES string of the molecule is C#CCC(C)NCC(C)OC. The molecular formula is C9H17NO. The highest BCUT2D eigenvalue weighted by molar-refractivity contribution is 4.88. The van der Waals surface area contributed by atoms with Crippen LogP contribution in [-0.2, 0) is 4.74 Å². The average molecular weight is 155 g/mol. The van der Waals surface area contributed by atoms with Crippen LogP contribution < -0.4 is 5.32 Å². The van der Waals surface area contributed by atoms with Crippen molar-refractivity contribution >= 4 is 0 Å². The molecule has 2 heteroatoms. The number of terminal acetylenes is 1. The number of hydrogen-bond donors (Lipinski definition) is 1. The van der Waals surface area contributed by atoms with Gasteiger partial charge in [0.15, 0.2) is 0 Å². The molecule has 0 aromatic heterocycles. The first-order valence-corrected chi connectivity index (χ1v) is 3.90. The molecule has 0 aliphatic heterocycles. The molecule has 0 aromatic carbocycles. The molecule has 64 valence electrons. The van der Waals surface area contributed by atoms with Crippen LogP contribution in [0.2, 0.25) is 0 Å². The van der Waals surface area contributed by atoms with E-state index in [4.69, 9.17) is 11.2 Å². The fourth-order valence-electron chi connectivity index (χ4n) is 0.699. The predicted octanol–water partition coefficient (Wildman–Crippen LogP) is 1.02. The lowest BCUT2D eigenvalue weighted by molar-refractivity contribution is 0.115. The van der Waals surface area contributed by atoms with Gasteiger partial charge in [0.1, 0.15) is 0 Å². The molecule has 1 N–H and O–H groups in total. The minimum atomic E-state index is 0.259. The zero-order valence-electron chi connectivity index (χ0n) is 7.55. The summed E-state index contributed by atoms with van der Waals surface area (Å²) in [5, 5.41) is 3.27. The topological polar surface area (TPSA) is 21.3 Å². The van der Waals surface area contributed by atoms with Gasteiger partial charge in [-0.3, -0.25) is 0 Å². The Morgan fingerprint density at radius 3 is 2.64 bits per heavy atom. The minimum Gasteiger partial charge on any atom is -0.380 e. The Kier molecular flexibility index (Phi) is 5.91. The van der Waals surface area contributed by atoms with Crippen molar-refractivity contribution in [1.82, 2.24) is 5.32 Å². The fourth-order valence-corrected chi connectivity index (χ4v) is 0.699. The normalized spacial score (nSPS) is 15.5. The van der Waals surface area contributed by atoms with Crippen LogP contribution in [0.4, 0.5) is 0 Å². The Hall–Kier alpha value is -0.520. The van der Waals surface area contributed by atoms with Gasteiger partial charge in [0.25, 0.3) is 0 Å². The van der Waals surface area contributed by atoms with Gasteiger partial charge in [-0.25, -0.2) is 0 Å². The van der Waals surface area contributed by atoms with Crippen LogP contribution in [-0.4, -0.2) is 25.8 Å². The molecule has 11 heavy (non-hydrogen) atoms.